The second-order valence-corrected chi connectivity index (χ2v) is 7.41. The Labute approximate surface area is 187 Å². The van der Waals surface area contributed by atoms with Gasteiger partial charge in [0.15, 0.2) is 11.6 Å². The largest absolute Gasteiger partial charge is 0.325 e. The zero-order valence-electron chi connectivity index (χ0n) is 16.9. The quantitative estimate of drug-likeness (QED) is 0.476. The van der Waals surface area contributed by atoms with Gasteiger partial charge in [-0.05, 0) is 48.9 Å². The molecule has 0 radical (unpaired) electrons. The van der Waals surface area contributed by atoms with Crippen LogP contribution in [0.1, 0.15) is 11.3 Å². The van der Waals surface area contributed by atoms with E-state index in [1.165, 1.54) is 18.2 Å². The fraction of sp³-hybridized carbons (Fsp3) is 0.0870. The lowest BCUT2D eigenvalue weighted by Gasteiger charge is -2.12. The smallest absolute Gasteiger partial charge is 0.255 e. The van der Waals surface area contributed by atoms with Gasteiger partial charge < -0.3 is 10.3 Å². The summed E-state index contributed by atoms with van der Waals surface area (Å²) in [7, 11) is 0. The van der Waals surface area contributed by atoms with E-state index in [1.54, 1.807) is 49.6 Å². The molecular formula is C23H17ClFN5O2. The lowest BCUT2D eigenvalue weighted by atomic mass is 10.0. The molecule has 4 aromatic rings. The highest BCUT2D eigenvalue weighted by Gasteiger charge is 2.16. The Morgan fingerprint density at radius 1 is 1.12 bits per heavy atom. The van der Waals surface area contributed by atoms with Crippen LogP contribution in [0.15, 0.2) is 65.7 Å². The van der Waals surface area contributed by atoms with Crippen LogP contribution in [0.2, 0.25) is 5.02 Å². The average molecular weight is 450 g/mol. The van der Waals surface area contributed by atoms with Crippen LogP contribution in [0, 0.1) is 12.7 Å². The number of hydrogen-bond acceptors (Lipinski definition) is 5. The fourth-order valence-electron chi connectivity index (χ4n) is 3.19. The SMILES string of the molecule is Cc1nc(-c2ncccn2)[nH]c(=O)c1CC(=O)Nc1ccc(F)cc1-c1ccc(Cl)cc1. The molecule has 9 heteroatoms. The first-order valence-corrected chi connectivity index (χ1v) is 10.0. The van der Waals surface area contributed by atoms with E-state index in [0.29, 0.717) is 27.5 Å². The van der Waals surface area contributed by atoms with Gasteiger partial charge >= 0.3 is 0 Å². The number of H-pyrrole nitrogens is 1. The molecule has 2 aromatic carbocycles. The van der Waals surface area contributed by atoms with E-state index in [-0.39, 0.29) is 23.6 Å². The van der Waals surface area contributed by atoms with E-state index in [2.05, 4.69) is 25.3 Å². The van der Waals surface area contributed by atoms with Crippen molar-refractivity contribution < 1.29 is 9.18 Å². The molecule has 2 heterocycles. The van der Waals surface area contributed by atoms with Gasteiger partial charge in [0.25, 0.3) is 5.56 Å². The summed E-state index contributed by atoms with van der Waals surface area (Å²) < 4.78 is 13.9. The number of benzene rings is 2. The molecule has 160 valence electrons. The lowest BCUT2D eigenvalue weighted by molar-refractivity contribution is -0.115. The fourth-order valence-corrected chi connectivity index (χ4v) is 3.32. The van der Waals surface area contributed by atoms with E-state index in [9.17, 15) is 14.0 Å². The van der Waals surface area contributed by atoms with Crippen molar-refractivity contribution in [2.24, 2.45) is 0 Å². The van der Waals surface area contributed by atoms with Gasteiger partial charge in [-0.15, -0.1) is 0 Å². The van der Waals surface area contributed by atoms with E-state index in [1.807, 2.05) is 0 Å². The van der Waals surface area contributed by atoms with E-state index >= 15 is 0 Å². The molecule has 0 fully saturated rings. The third-order valence-corrected chi connectivity index (χ3v) is 5.00. The monoisotopic (exact) mass is 449 g/mol. The Morgan fingerprint density at radius 3 is 2.53 bits per heavy atom. The van der Waals surface area contributed by atoms with Crippen LogP contribution in [0.4, 0.5) is 10.1 Å². The number of halogens is 2. The van der Waals surface area contributed by atoms with Crippen LogP contribution < -0.4 is 10.9 Å². The first-order chi connectivity index (χ1) is 15.4. The maximum atomic E-state index is 13.9. The number of aromatic nitrogens is 4. The molecule has 0 aliphatic heterocycles. The van der Waals surface area contributed by atoms with Crippen molar-refractivity contribution in [3.8, 4) is 22.8 Å². The molecule has 7 nitrogen and oxygen atoms in total. The Hall–Kier alpha value is -3.91. The Bertz CT molecular complexity index is 1340. The van der Waals surface area contributed by atoms with Crippen molar-refractivity contribution in [1.29, 1.82) is 0 Å². The summed E-state index contributed by atoms with van der Waals surface area (Å²) in [6.45, 7) is 1.64. The summed E-state index contributed by atoms with van der Waals surface area (Å²) in [5, 5.41) is 3.30. The molecule has 0 unspecified atom stereocenters. The third-order valence-electron chi connectivity index (χ3n) is 4.75. The summed E-state index contributed by atoms with van der Waals surface area (Å²) in [6, 6.07) is 12.5. The molecule has 0 aliphatic carbocycles. The van der Waals surface area contributed by atoms with Crippen LogP contribution in [0.5, 0.6) is 0 Å². The summed E-state index contributed by atoms with van der Waals surface area (Å²) in [5.74, 6) is -0.377. The molecule has 4 rings (SSSR count). The number of amides is 1. The van der Waals surface area contributed by atoms with E-state index in [4.69, 9.17) is 11.6 Å². The second-order valence-electron chi connectivity index (χ2n) is 6.97. The van der Waals surface area contributed by atoms with Crippen molar-refractivity contribution in [2.45, 2.75) is 13.3 Å². The number of aromatic amines is 1. The van der Waals surface area contributed by atoms with Crippen LogP contribution >= 0.6 is 11.6 Å². The molecule has 0 spiro atoms. The zero-order chi connectivity index (χ0) is 22.7. The van der Waals surface area contributed by atoms with Crippen molar-refractivity contribution in [1.82, 2.24) is 19.9 Å². The maximum Gasteiger partial charge on any atom is 0.255 e. The van der Waals surface area contributed by atoms with Crippen molar-refractivity contribution in [3.05, 3.63) is 93.4 Å². The highest BCUT2D eigenvalue weighted by molar-refractivity contribution is 6.30. The maximum absolute atomic E-state index is 13.9. The molecule has 0 saturated carbocycles. The summed E-state index contributed by atoms with van der Waals surface area (Å²) in [4.78, 5) is 40.4. The van der Waals surface area contributed by atoms with E-state index < -0.39 is 17.3 Å². The molecule has 32 heavy (non-hydrogen) atoms. The van der Waals surface area contributed by atoms with Crippen LogP contribution in [0.3, 0.4) is 0 Å². The van der Waals surface area contributed by atoms with Crippen LogP contribution in [-0.4, -0.2) is 25.8 Å². The standard InChI is InChI=1S/C23H17ClFN5O2/c1-13-17(23(32)30-22(28-13)21-26-9-2-10-27-21)12-20(31)29-19-8-7-16(25)11-18(19)14-3-5-15(24)6-4-14/h2-11H,12H2,1H3,(H,29,31)(H,28,30,32). The average Bonchev–Trinajstić information content (AvgIpc) is 2.78. The molecule has 0 atom stereocenters. The van der Waals surface area contributed by atoms with Gasteiger partial charge in [0.1, 0.15) is 5.82 Å². The second kappa shape index (κ2) is 9.07. The molecule has 0 bridgehead atoms. The lowest BCUT2D eigenvalue weighted by Crippen LogP contribution is -2.24. The van der Waals surface area contributed by atoms with E-state index in [0.717, 1.165) is 0 Å². The molecule has 0 saturated heterocycles. The van der Waals surface area contributed by atoms with Gasteiger partial charge in [0.05, 0.1) is 6.42 Å². The minimum atomic E-state index is -0.452. The predicted octanol–water partition coefficient (Wildman–Crippen LogP) is 4.18. The Morgan fingerprint density at radius 2 is 1.84 bits per heavy atom. The number of hydrogen-bond donors (Lipinski definition) is 2. The number of nitrogens with zero attached hydrogens (tertiary/aromatic N) is 3. The number of rotatable bonds is 5. The molecule has 1 amide bonds. The highest BCUT2D eigenvalue weighted by Crippen LogP contribution is 2.30. The summed E-state index contributed by atoms with van der Waals surface area (Å²) >= 11 is 5.93. The van der Waals surface area contributed by atoms with Gasteiger partial charge in [-0.25, -0.2) is 19.3 Å². The minimum absolute atomic E-state index is 0.207. The number of aryl methyl sites for hydroxylation is 1. The number of carbonyl (C=O) groups is 1. The third kappa shape index (κ3) is 4.70. The van der Waals surface area contributed by atoms with Crippen LogP contribution in [0.25, 0.3) is 22.8 Å². The van der Waals surface area contributed by atoms with Gasteiger partial charge in [0.2, 0.25) is 5.91 Å². The van der Waals surface area contributed by atoms with Crippen LogP contribution in [-0.2, 0) is 11.2 Å². The number of carbonyl (C=O) groups excluding carboxylic acids is 1. The minimum Gasteiger partial charge on any atom is -0.325 e. The molecule has 2 aromatic heterocycles. The molecule has 0 aliphatic rings. The topological polar surface area (TPSA) is 101 Å². The summed E-state index contributed by atoms with van der Waals surface area (Å²) in [6.07, 6.45) is 2.88. The molecular weight excluding hydrogens is 433 g/mol. The molecule has 2 N–H and O–H groups in total. The van der Waals surface area contributed by atoms with Gasteiger partial charge in [-0.1, -0.05) is 23.7 Å². The van der Waals surface area contributed by atoms with Gasteiger partial charge in [0, 0.05) is 39.9 Å². The first-order valence-electron chi connectivity index (χ1n) is 9.63. The normalized spacial score (nSPS) is 10.7. The number of anilines is 1. The number of nitrogens with one attached hydrogen (secondary N) is 2. The zero-order valence-corrected chi connectivity index (χ0v) is 17.7. The van der Waals surface area contributed by atoms with Crippen molar-refractivity contribution in [3.63, 3.8) is 0 Å². The highest BCUT2D eigenvalue weighted by atomic mass is 35.5. The van der Waals surface area contributed by atoms with Gasteiger partial charge in [-0.3, -0.25) is 9.59 Å². The Kier molecular flexibility index (Phi) is 6.04. The van der Waals surface area contributed by atoms with Gasteiger partial charge in [-0.2, -0.15) is 0 Å². The first kappa shape index (κ1) is 21.3. The Balaban J connectivity index is 1.59. The predicted molar refractivity (Wildman–Crippen MR) is 120 cm³/mol. The van der Waals surface area contributed by atoms with Crippen molar-refractivity contribution in [2.75, 3.05) is 5.32 Å². The van der Waals surface area contributed by atoms with Crippen molar-refractivity contribution >= 4 is 23.2 Å². The summed E-state index contributed by atoms with van der Waals surface area (Å²) in [5.41, 5.74) is 1.75.